The molecule has 0 heterocycles. The lowest BCUT2D eigenvalue weighted by Gasteiger charge is -2.23. The maximum absolute atomic E-state index is 12.3. The summed E-state index contributed by atoms with van der Waals surface area (Å²) < 4.78 is 31.2. The highest BCUT2D eigenvalue weighted by Crippen LogP contribution is 2.23. The second kappa shape index (κ2) is 10.8. The normalized spacial score (nSPS) is 11.5. The molecule has 7 nitrogen and oxygen atoms in total. The number of anilines is 1. The molecule has 0 spiro atoms. The summed E-state index contributed by atoms with van der Waals surface area (Å²) >= 11 is 0. The minimum absolute atomic E-state index is 0.356. The van der Waals surface area contributed by atoms with E-state index in [1.165, 1.54) is 6.21 Å². The van der Waals surface area contributed by atoms with E-state index in [1.807, 2.05) is 43.3 Å². The van der Waals surface area contributed by atoms with Crippen LogP contribution in [0.15, 0.2) is 47.6 Å². The maximum atomic E-state index is 12.3. The van der Waals surface area contributed by atoms with Crippen LogP contribution >= 0.6 is 0 Å². The van der Waals surface area contributed by atoms with Crippen molar-refractivity contribution in [3.63, 3.8) is 0 Å². The first-order valence-electron chi connectivity index (χ1n) is 9.80. The van der Waals surface area contributed by atoms with Gasteiger partial charge in [-0.1, -0.05) is 25.5 Å². The summed E-state index contributed by atoms with van der Waals surface area (Å²) in [5.41, 5.74) is 5.33. The SMILES string of the molecule is CCCCOc1ccc(/C=N\NC(=O)CN(c2cc(C)ccc2C)S(C)(=O)=O)cc1. The average molecular weight is 432 g/mol. The van der Waals surface area contributed by atoms with E-state index in [4.69, 9.17) is 4.74 Å². The van der Waals surface area contributed by atoms with Crippen LogP contribution in [-0.4, -0.2) is 39.9 Å². The Morgan fingerprint density at radius 2 is 1.87 bits per heavy atom. The van der Waals surface area contributed by atoms with E-state index in [1.54, 1.807) is 13.0 Å². The molecule has 0 aliphatic rings. The number of sulfonamides is 1. The molecular formula is C22H29N3O4S. The summed E-state index contributed by atoms with van der Waals surface area (Å²) in [7, 11) is -3.64. The lowest BCUT2D eigenvalue weighted by molar-refractivity contribution is -0.119. The summed E-state index contributed by atoms with van der Waals surface area (Å²) in [6.45, 7) is 6.10. The minimum atomic E-state index is -3.64. The van der Waals surface area contributed by atoms with Crippen LogP contribution in [-0.2, 0) is 14.8 Å². The Morgan fingerprint density at radius 3 is 2.50 bits per heavy atom. The molecule has 1 amide bonds. The number of amides is 1. The molecule has 0 aliphatic heterocycles. The molecule has 2 aromatic rings. The van der Waals surface area contributed by atoms with Crippen molar-refractivity contribution in [2.75, 3.05) is 23.7 Å². The molecular weight excluding hydrogens is 402 g/mol. The zero-order chi connectivity index (χ0) is 22.1. The molecule has 0 radical (unpaired) electrons. The van der Waals surface area contributed by atoms with Crippen LogP contribution in [0.5, 0.6) is 5.75 Å². The van der Waals surface area contributed by atoms with E-state index in [-0.39, 0.29) is 6.54 Å². The fourth-order valence-corrected chi connectivity index (χ4v) is 3.60. The van der Waals surface area contributed by atoms with Gasteiger partial charge >= 0.3 is 0 Å². The summed E-state index contributed by atoms with van der Waals surface area (Å²) in [5.74, 6) is 0.249. The van der Waals surface area contributed by atoms with E-state index >= 15 is 0 Å². The number of carbonyl (C=O) groups is 1. The third-order valence-electron chi connectivity index (χ3n) is 4.37. The Hall–Kier alpha value is -2.87. The minimum Gasteiger partial charge on any atom is -0.494 e. The number of nitrogens with zero attached hydrogens (tertiary/aromatic N) is 2. The average Bonchev–Trinajstić information content (AvgIpc) is 2.69. The van der Waals surface area contributed by atoms with Crippen molar-refractivity contribution in [2.45, 2.75) is 33.6 Å². The van der Waals surface area contributed by atoms with Crippen LogP contribution in [0, 0.1) is 13.8 Å². The molecule has 0 aliphatic carbocycles. The molecule has 1 N–H and O–H groups in total. The van der Waals surface area contributed by atoms with E-state index in [9.17, 15) is 13.2 Å². The number of hydrogen-bond acceptors (Lipinski definition) is 5. The Balaban J connectivity index is 2.00. The van der Waals surface area contributed by atoms with Crippen molar-refractivity contribution in [1.29, 1.82) is 0 Å². The van der Waals surface area contributed by atoms with E-state index < -0.39 is 15.9 Å². The van der Waals surface area contributed by atoms with Crippen LogP contribution in [0.25, 0.3) is 0 Å². The van der Waals surface area contributed by atoms with Crippen molar-refractivity contribution in [2.24, 2.45) is 5.10 Å². The summed E-state index contributed by atoms with van der Waals surface area (Å²) in [6.07, 6.45) is 4.65. The Morgan fingerprint density at radius 1 is 1.17 bits per heavy atom. The highest BCUT2D eigenvalue weighted by molar-refractivity contribution is 7.92. The quantitative estimate of drug-likeness (QED) is 0.355. The lowest BCUT2D eigenvalue weighted by atomic mass is 10.1. The summed E-state index contributed by atoms with van der Waals surface area (Å²) in [4.78, 5) is 12.3. The van der Waals surface area contributed by atoms with Crippen molar-refractivity contribution >= 4 is 27.8 Å². The summed E-state index contributed by atoms with van der Waals surface area (Å²) in [5, 5.41) is 3.93. The molecule has 0 bridgehead atoms. The van der Waals surface area contributed by atoms with Crippen LogP contribution < -0.4 is 14.5 Å². The second-order valence-corrected chi connectivity index (χ2v) is 9.03. The fourth-order valence-electron chi connectivity index (χ4n) is 2.70. The predicted octanol–water partition coefficient (Wildman–Crippen LogP) is 3.40. The topological polar surface area (TPSA) is 88.1 Å². The van der Waals surface area contributed by atoms with Crippen molar-refractivity contribution in [1.82, 2.24) is 5.43 Å². The third-order valence-corrected chi connectivity index (χ3v) is 5.50. The van der Waals surface area contributed by atoms with Gasteiger partial charge in [0.05, 0.1) is 24.8 Å². The molecule has 2 rings (SSSR count). The van der Waals surface area contributed by atoms with Gasteiger partial charge in [0, 0.05) is 0 Å². The van der Waals surface area contributed by atoms with Crippen LogP contribution in [0.3, 0.4) is 0 Å². The molecule has 0 atom stereocenters. The van der Waals surface area contributed by atoms with Gasteiger partial charge < -0.3 is 4.74 Å². The number of hydrazone groups is 1. The number of aryl methyl sites for hydroxylation is 2. The van der Waals surface area contributed by atoms with Gasteiger partial charge in [-0.15, -0.1) is 0 Å². The highest BCUT2D eigenvalue weighted by Gasteiger charge is 2.22. The van der Waals surface area contributed by atoms with E-state index in [0.29, 0.717) is 12.3 Å². The monoisotopic (exact) mass is 431 g/mol. The van der Waals surface area contributed by atoms with Gasteiger partial charge in [-0.2, -0.15) is 5.10 Å². The molecule has 0 saturated heterocycles. The standard InChI is InChI=1S/C22H29N3O4S/c1-5-6-13-29-20-11-9-19(10-12-20)15-23-24-22(26)16-25(30(4,27)28)21-14-17(2)7-8-18(21)3/h7-12,14-15H,5-6,13,16H2,1-4H3,(H,24,26)/b23-15-. The Kier molecular flexibility index (Phi) is 8.41. The fraction of sp³-hybridized carbons (Fsp3) is 0.364. The molecule has 2 aromatic carbocycles. The van der Waals surface area contributed by atoms with Crippen LogP contribution in [0.4, 0.5) is 5.69 Å². The first kappa shape index (κ1) is 23.4. The van der Waals surface area contributed by atoms with E-state index in [0.717, 1.165) is 45.8 Å². The maximum Gasteiger partial charge on any atom is 0.260 e. The Labute approximate surface area is 178 Å². The Bertz CT molecular complexity index is 986. The van der Waals surface area contributed by atoms with Crippen molar-refractivity contribution in [3.05, 3.63) is 59.2 Å². The van der Waals surface area contributed by atoms with Gasteiger partial charge in [0.25, 0.3) is 5.91 Å². The molecule has 0 saturated carbocycles. The van der Waals surface area contributed by atoms with Crippen molar-refractivity contribution in [3.8, 4) is 5.75 Å². The zero-order valence-electron chi connectivity index (χ0n) is 17.9. The second-order valence-electron chi connectivity index (χ2n) is 7.12. The van der Waals surface area contributed by atoms with Gasteiger partial charge in [-0.05, 0) is 67.3 Å². The van der Waals surface area contributed by atoms with Gasteiger partial charge in [-0.3, -0.25) is 9.10 Å². The number of carbonyl (C=O) groups excluding carboxylic acids is 1. The van der Waals surface area contributed by atoms with Gasteiger partial charge in [0.2, 0.25) is 10.0 Å². The number of rotatable bonds is 10. The van der Waals surface area contributed by atoms with E-state index in [2.05, 4.69) is 17.5 Å². The number of hydrogen-bond donors (Lipinski definition) is 1. The van der Waals surface area contributed by atoms with Gasteiger partial charge in [0.15, 0.2) is 0 Å². The molecule has 0 fully saturated rings. The van der Waals surface area contributed by atoms with Crippen LogP contribution in [0.2, 0.25) is 0 Å². The largest absolute Gasteiger partial charge is 0.494 e. The highest BCUT2D eigenvalue weighted by atomic mass is 32.2. The van der Waals surface area contributed by atoms with Crippen molar-refractivity contribution < 1.29 is 17.9 Å². The zero-order valence-corrected chi connectivity index (χ0v) is 18.7. The lowest BCUT2D eigenvalue weighted by Crippen LogP contribution is -2.39. The smallest absolute Gasteiger partial charge is 0.260 e. The molecule has 8 heteroatoms. The molecule has 30 heavy (non-hydrogen) atoms. The molecule has 162 valence electrons. The van der Waals surface area contributed by atoms with Gasteiger partial charge in [-0.25, -0.2) is 13.8 Å². The van der Waals surface area contributed by atoms with Gasteiger partial charge in [0.1, 0.15) is 12.3 Å². The van der Waals surface area contributed by atoms with Crippen LogP contribution in [0.1, 0.15) is 36.5 Å². The predicted molar refractivity (Wildman–Crippen MR) is 121 cm³/mol. The number of nitrogens with one attached hydrogen (secondary N) is 1. The number of ether oxygens (including phenoxy) is 1. The summed E-state index contributed by atoms with van der Waals surface area (Å²) in [6, 6.07) is 12.8. The molecule has 0 unspecified atom stereocenters. The third kappa shape index (κ3) is 7.18. The number of unbranched alkanes of at least 4 members (excludes halogenated alkanes) is 1. The first-order chi connectivity index (χ1) is 14.2. The number of benzene rings is 2. The first-order valence-corrected chi connectivity index (χ1v) is 11.6. The molecule has 0 aromatic heterocycles.